The Balaban J connectivity index is 1.75. The molecular formula is C19H27N4O5S+. The molecule has 0 amide bonds. The normalized spacial score (nSPS) is 17.2. The van der Waals surface area contributed by atoms with Crippen LogP contribution in [0.3, 0.4) is 0 Å². The standard InChI is InChI=1S/C19H26N4O5S/c1-15(5-6-16-4-3-13-28-16)20-18-8-7-17(14-19(18)23(24)25)29(26,27)22-11-9-21(2)10-12-22/h3-4,7-8,13-15,20H,5-6,9-12H2,1-2H3/p+1/t15-/m0/s1. The molecule has 0 spiro atoms. The average Bonchev–Trinajstić information content (AvgIpc) is 3.20. The number of nitro benzene ring substituents is 1. The van der Waals surface area contributed by atoms with E-state index < -0.39 is 14.9 Å². The number of nitro groups is 1. The summed E-state index contributed by atoms with van der Waals surface area (Å²) in [6.45, 7) is 4.17. The number of benzene rings is 1. The highest BCUT2D eigenvalue weighted by molar-refractivity contribution is 7.89. The highest BCUT2D eigenvalue weighted by atomic mass is 32.2. The molecule has 10 heteroatoms. The van der Waals surface area contributed by atoms with Gasteiger partial charge in [-0.2, -0.15) is 4.31 Å². The van der Waals surface area contributed by atoms with Crippen molar-refractivity contribution in [1.82, 2.24) is 4.31 Å². The minimum Gasteiger partial charge on any atom is -0.469 e. The Morgan fingerprint density at radius 3 is 2.66 bits per heavy atom. The van der Waals surface area contributed by atoms with Gasteiger partial charge in [0.05, 0.1) is 49.3 Å². The number of nitrogens with zero attached hydrogens (tertiary/aromatic N) is 2. The summed E-state index contributed by atoms with van der Waals surface area (Å²) in [6.07, 6.45) is 3.03. The average molecular weight is 424 g/mol. The Morgan fingerprint density at radius 1 is 1.31 bits per heavy atom. The van der Waals surface area contributed by atoms with E-state index in [1.54, 1.807) is 6.26 Å². The molecule has 2 N–H and O–H groups in total. The molecule has 1 aromatic carbocycles. The molecular weight excluding hydrogens is 396 g/mol. The van der Waals surface area contributed by atoms with Gasteiger partial charge in [-0.25, -0.2) is 8.42 Å². The van der Waals surface area contributed by atoms with E-state index in [1.165, 1.54) is 21.3 Å². The first-order chi connectivity index (χ1) is 13.8. The van der Waals surface area contributed by atoms with Crippen molar-refractivity contribution in [1.29, 1.82) is 0 Å². The molecule has 0 unspecified atom stereocenters. The van der Waals surface area contributed by atoms with Crippen LogP contribution in [0.4, 0.5) is 11.4 Å². The van der Waals surface area contributed by atoms with Gasteiger partial charge in [0.25, 0.3) is 5.69 Å². The fourth-order valence-electron chi connectivity index (χ4n) is 3.35. The van der Waals surface area contributed by atoms with Crippen molar-refractivity contribution in [3.63, 3.8) is 0 Å². The number of quaternary nitrogens is 1. The van der Waals surface area contributed by atoms with Crippen LogP contribution < -0.4 is 10.2 Å². The monoisotopic (exact) mass is 423 g/mol. The van der Waals surface area contributed by atoms with Gasteiger partial charge >= 0.3 is 0 Å². The fraction of sp³-hybridized carbons (Fsp3) is 0.474. The number of nitrogens with one attached hydrogen (secondary N) is 2. The first kappa shape index (κ1) is 21.3. The number of likely N-dealkylation sites (N-methyl/N-ethyl adjacent to an activating group) is 1. The lowest BCUT2D eigenvalue weighted by atomic mass is 10.1. The van der Waals surface area contributed by atoms with Gasteiger partial charge in [0, 0.05) is 18.5 Å². The van der Waals surface area contributed by atoms with Gasteiger partial charge < -0.3 is 14.6 Å². The Hall–Kier alpha value is -2.43. The summed E-state index contributed by atoms with van der Waals surface area (Å²) < 4.78 is 32.5. The zero-order valence-corrected chi connectivity index (χ0v) is 17.4. The van der Waals surface area contributed by atoms with Crippen molar-refractivity contribution in [3.05, 3.63) is 52.5 Å². The third-order valence-electron chi connectivity index (χ3n) is 5.19. The molecule has 29 heavy (non-hydrogen) atoms. The maximum absolute atomic E-state index is 12.9. The molecule has 1 aliphatic rings. The van der Waals surface area contributed by atoms with Crippen molar-refractivity contribution in [2.24, 2.45) is 0 Å². The first-order valence-corrected chi connectivity index (χ1v) is 11.1. The number of sulfonamides is 1. The summed E-state index contributed by atoms with van der Waals surface area (Å²) in [6, 6.07) is 7.72. The van der Waals surface area contributed by atoms with Crippen LogP contribution in [0.2, 0.25) is 0 Å². The van der Waals surface area contributed by atoms with Crippen molar-refractivity contribution in [2.45, 2.75) is 30.7 Å². The summed E-state index contributed by atoms with van der Waals surface area (Å²) in [5, 5.41) is 14.7. The molecule has 1 saturated heterocycles. The lowest BCUT2D eigenvalue weighted by Gasteiger charge is -2.29. The number of hydrogen-bond acceptors (Lipinski definition) is 6. The zero-order valence-electron chi connectivity index (χ0n) is 16.6. The quantitative estimate of drug-likeness (QED) is 0.487. The summed E-state index contributed by atoms with van der Waals surface area (Å²) in [5.74, 6) is 0.851. The third kappa shape index (κ3) is 5.14. The molecule has 1 fully saturated rings. The van der Waals surface area contributed by atoms with Crippen molar-refractivity contribution >= 4 is 21.4 Å². The van der Waals surface area contributed by atoms with Gasteiger partial charge in [0.2, 0.25) is 10.0 Å². The Kier molecular flexibility index (Phi) is 6.56. The van der Waals surface area contributed by atoms with Gasteiger partial charge in [-0.1, -0.05) is 0 Å². The van der Waals surface area contributed by atoms with E-state index in [9.17, 15) is 18.5 Å². The number of rotatable bonds is 8. The minimum atomic E-state index is -3.75. The number of anilines is 1. The third-order valence-corrected chi connectivity index (χ3v) is 7.08. The molecule has 0 saturated carbocycles. The Labute approximate surface area is 170 Å². The topological polar surface area (TPSA) is 110 Å². The largest absolute Gasteiger partial charge is 0.469 e. The van der Waals surface area contributed by atoms with Crippen LogP contribution in [-0.2, 0) is 16.4 Å². The highest BCUT2D eigenvalue weighted by Crippen LogP contribution is 2.30. The maximum atomic E-state index is 12.9. The molecule has 2 heterocycles. The molecule has 0 bridgehead atoms. The molecule has 1 aromatic heterocycles. The van der Waals surface area contributed by atoms with Crippen molar-refractivity contribution in [2.75, 3.05) is 38.5 Å². The molecule has 1 aliphatic heterocycles. The summed E-state index contributed by atoms with van der Waals surface area (Å²) in [7, 11) is -1.73. The fourth-order valence-corrected chi connectivity index (χ4v) is 4.82. The van der Waals surface area contributed by atoms with Gasteiger partial charge in [0.1, 0.15) is 11.4 Å². The smallest absolute Gasteiger partial charge is 0.293 e. The second-order valence-corrected chi connectivity index (χ2v) is 9.40. The molecule has 0 radical (unpaired) electrons. The van der Waals surface area contributed by atoms with Crippen LogP contribution in [-0.4, -0.2) is 56.9 Å². The Morgan fingerprint density at radius 2 is 2.03 bits per heavy atom. The zero-order chi connectivity index (χ0) is 21.0. The van der Waals surface area contributed by atoms with E-state index >= 15 is 0 Å². The van der Waals surface area contributed by atoms with E-state index in [1.807, 2.05) is 26.1 Å². The Bertz CT molecular complexity index is 938. The maximum Gasteiger partial charge on any atom is 0.293 e. The molecule has 1 atom stereocenters. The number of hydrogen-bond donors (Lipinski definition) is 2. The number of furan rings is 1. The van der Waals surface area contributed by atoms with Crippen LogP contribution in [0.15, 0.2) is 45.9 Å². The van der Waals surface area contributed by atoms with Crippen LogP contribution in [0.5, 0.6) is 0 Å². The van der Waals surface area contributed by atoms with Gasteiger partial charge in [-0.3, -0.25) is 10.1 Å². The summed E-state index contributed by atoms with van der Waals surface area (Å²) >= 11 is 0. The highest BCUT2D eigenvalue weighted by Gasteiger charge is 2.31. The molecule has 2 aromatic rings. The van der Waals surface area contributed by atoms with Gasteiger partial charge in [0.15, 0.2) is 0 Å². The second-order valence-electron chi connectivity index (χ2n) is 7.46. The molecule has 3 rings (SSSR count). The number of piperazine rings is 1. The second kappa shape index (κ2) is 8.93. The van der Waals surface area contributed by atoms with Crippen LogP contribution in [0.1, 0.15) is 19.1 Å². The van der Waals surface area contributed by atoms with Gasteiger partial charge in [-0.05, 0) is 37.6 Å². The predicted molar refractivity (Wildman–Crippen MR) is 109 cm³/mol. The van der Waals surface area contributed by atoms with E-state index in [-0.39, 0.29) is 16.6 Å². The SMILES string of the molecule is C[C@@H](CCc1ccco1)Nc1ccc(S(=O)(=O)N2CC[NH+](C)CC2)cc1[N+](=O)[O-]. The van der Waals surface area contributed by atoms with E-state index in [4.69, 9.17) is 4.42 Å². The minimum absolute atomic E-state index is 0.0439. The summed E-state index contributed by atoms with van der Waals surface area (Å²) in [4.78, 5) is 12.3. The first-order valence-electron chi connectivity index (χ1n) is 9.66. The van der Waals surface area contributed by atoms with Crippen LogP contribution >= 0.6 is 0 Å². The summed E-state index contributed by atoms with van der Waals surface area (Å²) in [5.41, 5.74) is 0.0689. The van der Waals surface area contributed by atoms with E-state index in [2.05, 4.69) is 5.32 Å². The molecule has 158 valence electrons. The predicted octanol–water partition coefficient (Wildman–Crippen LogP) is 1.14. The number of aryl methyl sites for hydroxylation is 1. The van der Waals surface area contributed by atoms with Crippen LogP contribution in [0.25, 0.3) is 0 Å². The van der Waals surface area contributed by atoms with Crippen molar-refractivity contribution < 1.29 is 22.7 Å². The molecule has 9 nitrogen and oxygen atoms in total. The van der Waals surface area contributed by atoms with Gasteiger partial charge in [-0.15, -0.1) is 0 Å². The van der Waals surface area contributed by atoms with Crippen LogP contribution in [0, 0.1) is 10.1 Å². The van der Waals surface area contributed by atoms with E-state index in [0.717, 1.165) is 11.8 Å². The lowest BCUT2D eigenvalue weighted by molar-refractivity contribution is -0.883. The van der Waals surface area contributed by atoms with Crippen molar-refractivity contribution in [3.8, 4) is 0 Å². The van der Waals surface area contributed by atoms with E-state index in [0.29, 0.717) is 44.7 Å². The lowest BCUT2D eigenvalue weighted by Crippen LogP contribution is -3.12. The molecule has 0 aliphatic carbocycles.